The van der Waals surface area contributed by atoms with Gasteiger partial charge in [-0.15, -0.1) is 11.3 Å². The van der Waals surface area contributed by atoms with Crippen LogP contribution < -0.4 is 5.73 Å². The van der Waals surface area contributed by atoms with E-state index in [4.69, 9.17) is 5.73 Å². The van der Waals surface area contributed by atoms with Crippen molar-refractivity contribution in [2.24, 2.45) is 5.73 Å². The predicted molar refractivity (Wildman–Crippen MR) is 60.2 cm³/mol. The van der Waals surface area contributed by atoms with Crippen molar-refractivity contribution in [1.29, 1.82) is 0 Å². The lowest BCUT2D eigenvalue weighted by Crippen LogP contribution is -2.16. The van der Waals surface area contributed by atoms with Crippen molar-refractivity contribution in [2.75, 3.05) is 0 Å². The summed E-state index contributed by atoms with van der Waals surface area (Å²) in [6, 6.07) is 0. The Labute approximate surface area is 102 Å². The molecular weight excluding hydrogens is 313 g/mol. The molecule has 15 heavy (non-hydrogen) atoms. The van der Waals surface area contributed by atoms with Crippen LogP contribution in [0.2, 0.25) is 0 Å². The van der Waals surface area contributed by atoms with E-state index < -0.39 is 12.1 Å². The molecule has 1 heterocycles. The van der Waals surface area contributed by atoms with Crippen LogP contribution in [0.15, 0.2) is 4.60 Å². The third-order valence-corrected chi connectivity index (χ3v) is 4.17. The number of hydrogen-bond acceptors (Lipinski definition) is 3. The van der Waals surface area contributed by atoms with E-state index in [0.717, 1.165) is 18.3 Å². The summed E-state index contributed by atoms with van der Waals surface area (Å²) < 4.78 is 37.4. The number of alkyl halides is 3. The standard InChI is InChI=1S/C7H6BrF3N2S2/c1-2(7(9,10)11)3-4(8)13-6(15-3)5(12)14/h2H,1H3,(H2,12,14). The topological polar surface area (TPSA) is 38.9 Å². The molecular formula is C7H6BrF3N2S2. The summed E-state index contributed by atoms with van der Waals surface area (Å²) in [5.74, 6) is -1.58. The highest BCUT2D eigenvalue weighted by Crippen LogP contribution is 2.40. The molecule has 1 atom stereocenters. The minimum absolute atomic E-state index is 0.00123. The van der Waals surface area contributed by atoms with Crippen LogP contribution in [0.3, 0.4) is 0 Å². The quantitative estimate of drug-likeness (QED) is 0.851. The maximum atomic E-state index is 12.4. The molecule has 1 aromatic heterocycles. The van der Waals surface area contributed by atoms with Gasteiger partial charge in [0.1, 0.15) is 9.59 Å². The number of nitrogens with zero attached hydrogens (tertiary/aromatic N) is 1. The van der Waals surface area contributed by atoms with Crippen molar-refractivity contribution in [3.8, 4) is 0 Å². The SMILES string of the molecule is CC(c1sc(C(N)=S)nc1Br)C(F)(F)F. The fourth-order valence-electron chi connectivity index (χ4n) is 0.834. The zero-order chi connectivity index (χ0) is 11.8. The summed E-state index contributed by atoms with van der Waals surface area (Å²) in [6.07, 6.45) is -4.29. The monoisotopic (exact) mass is 318 g/mol. The van der Waals surface area contributed by atoms with Crippen molar-refractivity contribution in [1.82, 2.24) is 4.98 Å². The summed E-state index contributed by atoms with van der Waals surface area (Å²) in [6.45, 7) is 1.07. The van der Waals surface area contributed by atoms with E-state index in [1.807, 2.05) is 0 Å². The minimum atomic E-state index is -4.29. The second kappa shape index (κ2) is 4.34. The van der Waals surface area contributed by atoms with Crippen LogP contribution in [0.5, 0.6) is 0 Å². The van der Waals surface area contributed by atoms with E-state index in [1.165, 1.54) is 0 Å². The molecule has 0 saturated heterocycles. The number of nitrogens with two attached hydrogens (primary N) is 1. The van der Waals surface area contributed by atoms with Crippen LogP contribution in [-0.2, 0) is 0 Å². The third-order valence-electron chi connectivity index (χ3n) is 1.70. The molecule has 0 aliphatic heterocycles. The zero-order valence-corrected chi connectivity index (χ0v) is 10.6. The highest BCUT2D eigenvalue weighted by Gasteiger charge is 2.39. The minimum Gasteiger partial charge on any atom is -0.387 e. The molecule has 0 amide bonds. The van der Waals surface area contributed by atoms with E-state index in [-0.39, 0.29) is 19.5 Å². The lowest BCUT2D eigenvalue weighted by Gasteiger charge is -2.13. The van der Waals surface area contributed by atoms with Gasteiger partial charge in [0, 0.05) is 0 Å². The van der Waals surface area contributed by atoms with Gasteiger partial charge in [0.25, 0.3) is 0 Å². The highest BCUT2D eigenvalue weighted by atomic mass is 79.9. The van der Waals surface area contributed by atoms with Gasteiger partial charge in [-0.3, -0.25) is 0 Å². The molecule has 1 unspecified atom stereocenters. The van der Waals surface area contributed by atoms with E-state index in [9.17, 15) is 13.2 Å². The third kappa shape index (κ3) is 2.88. The van der Waals surface area contributed by atoms with Gasteiger partial charge in [0.2, 0.25) is 0 Å². The van der Waals surface area contributed by atoms with Gasteiger partial charge < -0.3 is 5.73 Å². The lowest BCUT2D eigenvalue weighted by molar-refractivity contribution is -0.145. The fraction of sp³-hybridized carbons (Fsp3) is 0.429. The molecule has 0 aromatic carbocycles. The number of rotatable bonds is 2. The molecule has 84 valence electrons. The summed E-state index contributed by atoms with van der Waals surface area (Å²) in [7, 11) is 0. The molecule has 2 N–H and O–H groups in total. The van der Waals surface area contributed by atoms with E-state index in [2.05, 4.69) is 33.1 Å². The Morgan fingerprint density at radius 1 is 1.60 bits per heavy atom. The molecule has 2 nitrogen and oxygen atoms in total. The number of hydrogen-bond donors (Lipinski definition) is 1. The van der Waals surface area contributed by atoms with Crippen molar-refractivity contribution < 1.29 is 13.2 Å². The maximum Gasteiger partial charge on any atom is 0.396 e. The number of thiazole rings is 1. The average molecular weight is 319 g/mol. The van der Waals surface area contributed by atoms with Crippen LogP contribution in [0.4, 0.5) is 13.2 Å². The van der Waals surface area contributed by atoms with Gasteiger partial charge in [0.15, 0.2) is 5.01 Å². The molecule has 0 radical (unpaired) electrons. The Morgan fingerprint density at radius 3 is 2.47 bits per heavy atom. The van der Waals surface area contributed by atoms with Crippen molar-refractivity contribution in [2.45, 2.75) is 19.0 Å². The molecule has 1 rings (SSSR count). The Bertz CT molecular complexity index is 388. The second-order valence-electron chi connectivity index (χ2n) is 2.80. The first-order chi connectivity index (χ1) is 6.73. The number of halogens is 4. The predicted octanol–water partition coefficient (Wildman–Crippen LogP) is 3.21. The summed E-state index contributed by atoms with van der Waals surface area (Å²) >= 11 is 8.46. The summed E-state index contributed by atoms with van der Waals surface area (Å²) in [5, 5.41) is 0.239. The molecule has 0 saturated carbocycles. The van der Waals surface area contributed by atoms with Gasteiger partial charge in [-0.1, -0.05) is 12.2 Å². The molecule has 1 aromatic rings. The van der Waals surface area contributed by atoms with Crippen LogP contribution >= 0.6 is 39.5 Å². The van der Waals surface area contributed by atoms with Crippen molar-refractivity contribution >= 4 is 44.5 Å². The lowest BCUT2D eigenvalue weighted by atomic mass is 10.1. The van der Waals surface area contributed by atoms with Gasteiger partial charge in [-0.2, -0.15) is 13.2 Å². The van der Waals surface area contributed by atoms with Crippen LogP contribution in [0.1, 0.15) is 22.7 Å². The maximum absolute atomic E-state index is 12.4. The molecule has 0 aliphatic carbocycles. The molecule has 0 fully saturated rings. The number of thiocarbonyl (C=S) groups is 1. The van der Waals surface area contributed by atoms with Gasteiger partial charge in [0.05, 0.1) is 10.8 Å². The van der Waals surface area contributed by atoms with E-state index in [0.29, 0.717) is 0 Å². The number of aromatic nitrogens is 1. The first-order valence-electron chi connectivity index (χ1n) is 3.76. The molecule has 8 heteroatoms. The van der Waals surface area contributed by atoms with Gasteiger partial charge in [-0.05, 0) is 22.9 Å². The van der Waals surface area contributed by atoms with Gasteiger partial charge in [-0.25, -0.2) is 4.98 Å². The smallest absolute Gasteiger partial charge is 0.387 e. The Morgan fingerprint density at radius 2 is 2.13 bits per heavy atom. The Kier molecular flexibility index (Phi) is 3.72. The first kappa shape index (κ1) is 12.9. The van der Waals surface area contributed by atoms with Crippen molar-refractivity contribution in [3.63, 3.8) is 0 Å². The van der Waals surface area contributed by atoms with E-state index in [1.54, 1.807) is 0 Å². The van der Waals surface area contributed by atoms with Gasteiger partial charge >= 0.3 is 6.18 Å². The molecule has 0 spiro atoms. The Hall–Kier alpha value is -0.210. The zero-order valence-electron chi connectivity index (χ0n) is 7.43. The first-order valence-corrected chi connectivity index (χ1v) is 5.78. The average Bonchev–Trinajstić information content (AvgIpc) is 2.44. The van der Waals surface area contributed by atoms with Crippen molar-refractivity contribution in [3.05, 3.63) is 14.5 Å². The highest BCUT2D eigenvalue weighted by molar-refractivity contribution is 9.10. The summed E-state index contributed by atoms with van der Waals surface area (Å²) in [5.41, 5.74) is 5.28. The largest absolute Gasteiger partial charge is 0.396 e. The fourth-order valence-corrected chi connectivity index (χ4v) is 2.77. The van der Waals surface area contributed by atoms with E-state index >= 15 is 0 Å². The van der Waals surface area contributed by atoms with Crippen LogP contribution in [0, 0.1) is 0 Å². The van der Waals surface area contributed by atoms with Crippen LogP contribution in [-0.4, -0.2) is 16.1 Å². The second-order valence-corrected chi connectivity index (χ2v) is 5.02. The van der Waals surface area contributed by atoms with Crippen LogP contribution in [0.25, 0.3) is 0 Å². The summed E-state index contributed by atoms with van der Waals surface area (Å²) in [4.78, 5) is 3.90. The molecule has 0 aliphatic rings. The molecule has 0 bridgehead atoms. The Balaban J connectivity index is 3.10. The normalized spacial score (nSPS) is 13.9.